The van der Waals surface area contributed by atoms with Gasteiger partial charge in [0.05, 0.1) is 28.9 Å². The van der Waals surface area contributed by atoms with Crippen LogP contribution in [0.15, 0.2) is 46.2 Å². The number of nitriles is 1. The Morgan fingerprint density at radius 3 is 2.53 bits per heavy atom. The first-order valence-corrected chi connectivity index (χ1v) is 12.0. The first-order valence-electron chi connectivity index (χ1n) is 10.5. The summed E-state index contributed by atoms with van der Waals surface area (Å²) < 4.78 is 29.5. The van der Waals surface area contributed by atoms with Crippen molar-refractivity contribution in [3.63, 3.8) is 0 Å². The molecular formula is C22H26N6O3S. The Labute approximate surface area is 186 Å². The molecule has 2 aromatic heterocycles. The normalized spacial score (nSPS) is 15.4. The lowest BCUT2D eigenvalue weighted by molar-refractivity contribution is 0.426. The molecule has 1 aromatic carbocycles. The zero-order valence-electron chi connectivity index (χ0n) is 18.2. The fraction of sp³-hybridized carbons (Fsp3) is 0.409. The number of fused-ring (bicyclic) bond motifs is 1. The van der Waals surface area contributed by atoms with Crippen LogP contribution >= 0.6 is 0 Å². The molecule has 168 valence electrons. The van der Waals surface area contributed by atoms with Gasteiger partial charge in [-0.3, -0.25) is 9.48 Å². The van der Waals surface area contributed by atoms with Crippen molar-refractivity contribution >= 4 is 32.4 Å². The standard InChI is InChI=1S/C22H26N6O3S/c1-22(2,3)27-32(30,31)16-8-6-15(7-9-16)25-20-19-18(11-13-24-21(19)29)28(26-20)17(10-12-23)14-4-5-14/h6-9,11,13-14,17,27H,4-5,10H2,1-3H3,(H,24,29)(H,25,26). The summed E-state index contributed by atoms with van der Waals surface area (Å²) in [5.74, 6) is 0.749. The van der Waals surface area contributed by atoms with E-state index >= 15 is 0 Å². The highest BCUT2D eigenvalue weighted by Gasteiger charge is 2.34. The summed E-state index contributed by atoms with van der Waals surface area (Å²) in [5, 5.41) is 17.5. The highest BCUT2D eigenvalue weighted by Crippen LogP contribution is 2.42. The molecule has 0 bridgehead atoms. The van der Waals surface area contributed by atoms with E-state index in [1.54, 1.807) is 49.8 Å². The Hall–Kier alpha value is -3.16. The molecule has 0 aliphatic heterocycles. The number of hydrogen-bond donors (Lipinski definition) is 3. The molecule has 3 N–H and O–H groups in total. The molecule has 1 aliphatic carbocycles. The average Bonchev–Trinajstić information content (AvgIpc) is 3.47. The van der Waals surface area contributed by atoms with Gasteiger partial charge in [-0.2, -0.15) is 10.4 Å². The maximum absolute atomic E-state index is 12.6. The van der Waals surface area contributed by atoms with E-state index in [1.165, 1.54) is 12.1 Å². The van der Waals surface area contributed by atoms with E-state index in [9.17, 15) is 18.5 Å². The SMILES string of the molecule is CC(C)(C)NS(=O)(=O)c1ccc(Nc2nn(C(CC#N)C3CC3)c3cc[nH]c(=O)c23)cc1. The fourth-order valence-corrected chi connectivity index (χ4v) is 5.20. The molecule has 4 rings (SSSR count). The first-order chi connectivity index (χ1) is 15.1. The molecule has 0 amide bonds. The summed E-state index contributed by atoms with van der Waals surface area (Å²) in [4.78, 5) is 15.4. The highest BCUT2D eigenvalue weighted by molar-refractivity contribution is 7.89. The van der Waals surface area contributed by atoms with Crippen LogP contribution in [-0.2, 0) is 10.0 Å². The molecule has 1 unspecified atom stereocenters. The summed E-state index contributed by atoms with van der Waals surface area (Å²) in [6, 6.07) is 10.2. The third kappa shape index (κ3) is 4.54. The Kier molecular flexibility index (Phi) is 5.56. The third-order valence-electron chi connectivity index (χ3n) is 5.28. The predicted molar refractivity (Wildman–Crippen MR) is 122 cm³/mol. The van der Waals surface area contributed by atoms with Crippen LogP contribution in [0.1, 0.15) is 46.1 Å². The first kappa shape index (κ1) is 22.0. The van der Waals surface area contributed by atoms with E-state index in [2.05, 4.69) is 26.2 Å². The summed E-state index contributed by atoms with van der Waals surface area (Å²) >= 11 is 0. The van der Waals surface area contributed by atoms with Crippen LogP contribution in [-0.4, -0.2) is 28.7 Å². The number of anilines is 2. The fourth-order valence-electron chi connectivity index (χ4n) is 3.78. The van der Waals surface area contributed by atoms with Gasteiger partial charge in [0.1, 0.15) is 5.39 Å². The number of aromatic nitrogens is 3. The molecule has 1 aliphatic rings. The molecule has 0 spiro atoms. The molecular weight excluding hydrogens is 428 g/mol. The Morgan fingerprint density at radius 2 is 1.94 bits per heavy atom. The van der Waals surface area contributed by atoms with Gasteiger partial charge in [-0.1, -0.05) is 0 Å². The van der Waals surface area contributed by atoms with Gasteiger partial charge in [0, 0.05) is 17.4 Å². The third-order valence-corrected chi connectivity index (χ3v) is 7.05. The van der Waals surface area contributed by atoms with Crippen LogP contribution in [0, 0.1) is 17.2 Å². The van der Waals surface area contributed by atoms with Crippen molar-refractivity contribution in [2.24, 2.45) is 5.92 Å². The van der Waals surface area contributed by atoms with Crippen molar-refractivity contribution in [2.45, 2.75) is 56.5 Å². The van der Waals surface area contributed by atoms with Crippen molar-refractivity contribution in [3.8, 4) is 6.07 Å². The number of H-pyrrole nitrogens is 1. The minimum absolute atomic E-state index is 0.0872. The number of sulfonamides is 1. The molecule has 1 fully saturated rings. The maximum Gasteiger partial charge on any atom is 0.261 e. The molecule has 2 heterocycles. The van der Waals surface area contributed by atoms with Gasteiger partial charge in [-0.15, -0.1) is 0 Å². The minimum atomic E-state index is -3.65. The van der Waals surface area contributed by atoms with Gasteiger partial charge in [-0.05, 0) is 69.9 Å². The van der Waals surface area contributed by atoms with Crippen LogP contribution in [0.3, 0.4) is 0 Å². The van der Waals surface area contributed by atoms with Gasteiger partial charge in [0.25, 0.3) is 5.56 Å². The Balaban J connectivity index is 1.68. The van der Waals surface area contributed by atoms with Crippen LogP contribution in [0.2, 0.25) is 0 Å². The van der Waals surface area contributed by atoms with Crippen LogP contribution in [0.25, 0.3) is 10.9 Å². The van der Waals surface area contributed by atoms with E-state index in [1.807, 2.05) is 0 Å². The van der Waals surface area contributed by atoms with Gasteiger partial charge >= 0.3 is 0 Å². The summed E-state index contributed by atoms with van der Waals surface area (Å²) in [5.41, 5.74) is 0.385. The van der Waals surface area contributed by atoms with Crippen molar-refractivity contribution in [3.05, 3.63) is 46.9 Å². The van der Waals surface area contributed by atoms with Gasteiger partial charge in [0.15, 0.2) is 5.82 Å². The number of benzene rings is 1. The maximum atomic E-state index is 12.6. The van der Waals surface area contributed by atoms with E-state index in [-0.39, 0.29) is 16.5 Å². The quantitative estimate of drug-likeness (QED) is 0.501. The topological polar surface area (TPSA) is 133 Å². The lowest BCUT2D eigenvalue weighted by Gasteiger charge is -2.20. The zero-order valence-corrected chi connectivity index (χ0v) is 19.0. The highest BCUT2D eigenvalue weighted by atomic mass is 32.2. The smallest absolute Gasteiger partial charge is 0.261 e. The summed E-state index contributed by atoms with van der Waals surface area (Å²) in [6.07, 6.45) is 3.97. The van der Waals surface area contributed by atoms with Crippen molar-refractivity contribution in [1.82, 2.24) is 19.5 Å². The molecule has 1 atom stereocenters. The van der Waals surface area contributed by atoms with Crippen molar-refractivity contribution < 1.29 is 8.42 Å². The molecule has 32 heavy (non-hydrogen) atoms. The number of hydrogen-bond acceptors (Lipinski definition) is 6. The Bertz CT molecular complexity index is 1340. The van der Waals surface area contributed by atoms with Crippen LogP contribution < -0.4 is 15.6 Å². The molecule has 3 aromatic rings. The molecule has 1 saturated carbocycles. The molecule has 10 heteroatoms. The second kappa shape index (κ2) is 8.07. The largest absolute Gasteiger partial charge is 0.338 e. The van der Waals surface area contributed by atoms with Crippen molar-refractivity contribution in [2.75, 3.05) is 5.32 Å². The summed E-state index contributed by atoms with van der Waals surface area (Å²) in [6.45, 7) is 5.34. The zero-order chi connectivity index (χ0) is 23.1. The lowest BCUT2D eigenvalue weighted by atomic mass is 10.1. The number of aromatic amines is 1. The van der Waals surface area contributed by atoms with Crippen LogP contribution in [0.4, 0.5) is 11.5 Å². The minimum Gasteiger partial charge on any atom is -0.338 e. The monoisotopic (exact) mass is 454 g/mol. The van der Waals surface area contributed by atoms with Gasteiger partial charge < -0.3 is 10.3 Å². The number of pyridine rings is 1. The predicted octanol–water partition coefficient (Wildman–Crippen LogP) is 3.41. The van der Waals surface area contributed by atoms with E-state index in [0.29, 0.717) is 34.7 Å². The molecule has 9 nitrogen and oxygen atoms in total. The van der Waals surface area contributed by atoms with Crippen molar-refractivity contribution in [1.29, 1.82) is 5.26 Å². The number of rotatable bonds is 7. The average molecular weight is 455 g/mol. The van der Waals surface area contributed by atoms with E-state index in [0.717, 1.165) is 12.8 Å². The molecule has 0 saturated heterocycles. The van der Waals surface area contributed by atoms with E-state index < -0.39 is 15.6 Å². The number of nitrogens with one attached hydrogen (secondary N) is 3. The number of nitrogens with zero attached hydrogens (tertiary/aromatic N) is 3. The lowest BCUT2D eigenvalue weighted by Crippen LogP contribution is -2.40. The second-order valence-electron chi connectivity index (χ2n) is 9.13. The van der Waals surface area contributed by atoms with Gasteiger partial charge in [-0.25, -0.2) is 13.1 Å². The summed E-state index contributed by atoms with van der Waals surface area (Å²) in [7, 11) is -3.65. The van der Waals surface area contributed by atoms with E-state index in [4.69, 9.17) is 0 Å². The van der Waals surface area contributed by atoms with Gasteiger partial charge in [0.2, 0.25) is 10.0 Å². The second-order valence-corrected chi connectivity index (χ2v) is 10.8. The van der Waals surface area contributed by atoms with Crippen LogP contribution in [0.5, 0.6) is 0 Å². The molecule has 0 radical (unpaired) electrons. The Morgan fingerprint density at radius 1 is 1.25 bits per heavy atom.